The Kier molecular flexibility index (Phi) is 5.10. The van der Waals surface area contributed by atoms with Gasteiger partial charge in [-0.05, 0) is 19.1 Å². The lowest BCUT2D eigenvalue weighted by molar-refractivity contribution is 0.620. The van der Waals surface area contributed by atoms with Gasteiger partial charge in [-0.15, -0.1) is 11.8 Å². The summed E-state index contributed by atoms with van der Waals surface area (Å²) in [5.41, 5.74) is 0. The van der Waals surface area contributed by atoms with Gasteiger partial charge >= 0.3 is 0 Å². The predicted molar refractivity (Wildman–Crippen MR) is 77.2 cm³/mol. The lowest BCUT2D eigenvalue weighted by Crippen LogP contribution is -2.36. The minimum Gasteiger partial charge on any atom is -0.353 e. The molecule has 0 saturated carbocycles. The maximum absolute atomic E-state index is 4.43. The third-order valence-electron chi connectivity index (χ3n) is 3.19. The first-order valence-corrected chi connectivity index (χ1v) is 8.38. The molecule has 1 saturated heterocycles. The number of anilines is 1. The summed E-state index contributed by atoms with van der Waals surface area (Å²) in [6.07, 6.45) is 8.91. The molecule has 2 heterocycles. The molecular formula is C12H18BrN3S. The Labute approximate surface area is 116 Å². The van der Waals surface area contributed by atoms with E-state index in [4.69, 9.17) is 0 Å². The van der Waals surface area contributed by atoms with Crippen molar-refractivity contribution in [3.05, 3.63) is 12.4 Å². The van der Waals surface area contributed by atoms with Crippen molar-refractivity contribution in [3.8, 4) is 0 Å². The van der Waals surface area contributed by atoms with Crippen LogP contribution in [0.25, 0.3) is 0 Å². The number of hydrogen-bond acceptors (Lipinski definition) is 4. The third-order valence-corrected chi connectivity index (χ3v) is 4.58. The zero-order valence-electron chi connectivity index (χ0n) is 10.1. The van der Waals surface area contributed by atoms with E-state index in [2.05, 4.69) is 43.1 Å². The summed E-state index contributed by atoms with van der Waals surface area (Å²) < 4.78 is 0. The van der Waals surface area contributed by atoms with Gasteiger partial charge in [0.1, 0.15) is 17.2 Å². The molecule has 0 aromatic carbocycles. The minimum atomic E-state index is 0.571. The van der Waals surface area contributed by atoms with E-state index in [0.717, 1.165) is 22.7 Å². The number of thioether (sulfide) groups is 1. The molecule has 1 aliphatic heterocycles. The predicted octanol–water partition coefficient (Wildman–Crippen LogP) is 3.34. The van der Waals surface area contributed by atoms with Gasteiger partial charge in [-0.1, -0.05) is 28.8 Å². The highest BCUT2D eigenvalue weighted by atomic mass is 79.9. The van der Waals surface area contributed by atoms with E-state index < -0.39 is 0 Å². The van der Waals surface area contributed by atoms with Crippen LogP contribution in [0.4, 0.5) is 5.82 Å². The van der Waals surface area contributed by atoms with Crippen molar-refractivity contribution in [2.75, 3.05) is 23.0 Å². The number of hydrogen-bond donors (Lipinski definition) is 0. The van der Waals surface area contributed by atoms with Crippen LogP contribution in [0.5, 0.6) is 0 Å². The summed E-state index contributed by atoms with van der Waals surface area (Å²) in [7, 11) is 0. The summed E-state index contributed by atoms with van der Waals surface area (Å²) in [5, 5.41) is 2.07. The Bertz CT molecular complexity index is 361. The summed E-state index contributed by atoms with van der Waals surface area (Å²) in [5.74, 6) is 1.08. The van der Waals surface area contributed by atoms with Gasteiger partial charge in [0, 0.05) is 24.0 Å². The van der Waals surface area contributed by atoms with Gasteiger partial charge < -0.3 is 4.90 Å². The Morgan fingerprint density at radius 1 is 1.41 bits per heavy atom. The van der Waals surface area contributed by atoms with Crippen molar-refractivity contribution in [1.82, 2.24) is 9.97 Å². The second kappa shape index (κ2) is 6.59. The molecular weight excluding hydrogens is 298 g/mol. The monoisotopic (exact) mass is 315 g/mol. The van der Waals surface area contributed by atoms with E-state index in [0.29, 0.717) is 6.04 Å². The van der Waals surface area contributed by atoms with E-state index in [1.54, 1.807) is 18.1 Å². The topological polar surface area (TPSA) is 29.0 Å². The van der Waals surface area contributed by atoms with Crippen molar-refractivity contribution in [3.63, 3.8) is 0 Å². The van der Waals surface area contributed by atoms with Gasteiger partial charge in [0.05, 0.1) is 0 Å². The Morgan fingerprint density at radius 3 is 3.06 bits per heavy atom. The Balaban J connectivity index is 2.21. The van der Waals surface area contributed by atoms with Crippen LogP contribution in [0.15, 0.2) is 17.4 Å². The van der Waals surface area contributed by atoms with Crippen LogP contribution in [0, 0.1) is 0 Å². The van der Waals surface area contributed by atoms with Crippen LogP contribution in [0.3, 0.4) is 0 Å². The van der Waals surface area contributed by atoms with E-state index in [-0.39, 0.29) is 0 Å². The first-order valence-electron chi connectivity index (χ1n) is 6.04. The van der Waals surface area contributed by atoms with Gasteiger partial charge in [0.25, 0.3) is 0 Å². The van der Waals surface area contributed by atoms with E-state index in [1.807, 2.05) is 0 Å². The molecule has 5 heteroatoms. The SMILES string of the molecule is CSc1cc(N2CCCCCC2CBr)ncn1. The van der Waals surface area contributed by atoms with Crippen molar-refractivity contribution < 1.29 is 0 Å². The van der Waals surface area contributed by atoms with Crippen molar-refractivity contribution in [2.45, 2.75) is 36.8 Å². The second-order valence-corrected chi connectivity index (χ2v) is 5.74. The van der Waals surface area contributed by atoms with Gasteiger partial charge in [0.2, 0.25) is 0 Å². The van der Waals surface area contributed by atoms with E-state index in [1.165, 1.54) is 25.7 Å². The molecule has 0 N–H and O–H groups in total. The number of rotatable bonds is 3. The first kappa shape index (κ1) is 13.1. The highest BCUT2D eigenvalue weighted by Crippen LogP contribution is 2.25. The van der Waals surface area contributed by atoms with Crippen LogP contribution in [-0.4, -0.2) is 34.1 Å². The van der Waals surface area contributed by atoms with Crippen LogP contribution in [-0.2, 0) is 0 Å². The van der Waals surface area contributed by atoms with Gasteiger partial charge in [0.15, 0.2) is 0 Å². The molecule has 2 rings (SSSR count). The zero-order chi connectivity index (χ0) is 12.1. The summed E-state index contributed by atoms with van der Waals surface area (Å²) in [6, 6.07) is 2.67. The lowest BCUT2D eigenvalue weighted by atomic mass is 10.1. The molecule has 17 heavy (non-hydrogen) atoms. The molecule has 0 amide bonds. The van der Waals surface area contributed by atoms with Crippen LogP contribution < -0.4 is 4.90 Å². The number of nitrogens with zero attached hydrogens (tertiary/aromatic N) is 3. The first-order chi connectivity index (χ1) is 8.35. The fraction of sp³-hybridized carbons (Fsp3) is 0.667. The normalized spacial score (nSPS) is 21.3. The molecule has 1 aromatic heterocycles. The molecule has 1 fully saturated rings. The molecule has 1 atom stereocenters. The standard InChI is InChI=1S/C12H18BrN3S/c1-17-12-7-11(14-9-15-12)16-6-4-2-3-5-10(16)8-13/h7,9-10H,2-6,8H2,1H3. The summed E-state index contributed by atoms with van der Waals surface area (Å²) in [6.45, 7) is 1.11. The number of halogens is 1. The van der Waals surface area contributed by atoms with Gasteiger partial charge in [-0.25, -0.2) is 9.97 Å². The van der Waals surface area contributed by atoms with E-state index in [9.17, 15) is 0 Å². The fourth-order valence-corrected chi connectivity index (χ4v) is 3.29. The second-order valence-electron chi connectivity index (χ2n) is 4.27. The van der Waals surface area contributed by atoms with Crippen LogP contribution in [0.1, 0.15) is 25.7 Å². The Hall–Kier alpha value is -0.290. The molecule has 1 unspecified atom stereocenters. The fourth-order valence-electron chi connectivity index (χ4n) is 2.24. The van der Waals surface area contributed by atoms with Crippen molar-refractivity contribution in [2.24, 2.45) is 0 Å². The lowest BCUT2D eigenvalue weighted by Gasteiger charge is -2.29. The largest absolute Gasteiger partial charge is 0.353 e. The average Bonchev–Trinajstić information content (AvgIpc) is 2.63. The van der Waals surface area contributed by atoms with Gasteiger partial charge in [-0.3, -0.25) is 0 Å². The molecule has 0 bridgehead atoms. The molecule has 0 radical (unpaired) electrons. The number of alkyl halides is 1. The summed E-state index contributed by atoms with van der Waals surface area (Å²) >= 11 is 5.30. The highest BCUT2D eigenvalue weighted by Gasteiger charge is 2.21. The molecule has 1 aliphatic rings. The quantitative estimate of drug-likeness (QED) is 0.486. The maximum atomic E-state index is 4.43. The molecule has 94 valence electrons. The molecule has 3 nitrogen and oxygen atoms in total. The highest BCUT2D eigenvalue weighted by molar-refractivity contribution is 9.09. The van der Waals surface area contributed by atoms with Crippen LogP contribution >= 0.6 is 27.7 Å². The Morgan fingerprint density at radius 2 is 2.29 bits per heavy atom. The van der Waals surface area contributed by atoms with Crippen LogP contribution in [0.2, 0.25) is 0 Å². The van der Waals surface area contributed by atoms with Gasteiger partial charge in [-0.2, -0.15) is 0 Å². The summed E-state index contributed by atoms with van der Waals surface area (Å²) in [4.78, 5) is 11.1. The average molecular weight is 316 g/mol. The smallest absolute Gasteiger partial charge is 0.133 e. The minimum absolute atomic E-state index is 0.571. The maximum Gasteiger partial charge on any atom is 0.133 e. The van der Waals surface area contributed by atoms with Crippen molar-refractivity contribution in [1.29, 1.82) is 0 Å². The van der Waals surface area contributed by atoms with E-state index >= 15 is 0 Å². The molecule has 0 spiro atoms. The number of aromatic nitrogens is 2. The zero-order valence-corrected chi connectivity index (χ0v) is 12.5. The molecule has 1 aromatic rings. The third kappa shape index (κ3) is 3.35. The van der Waals surface area contributed by atoms with Crippen molar-refractivity contribution >= 4 is 33.5 Å². The molecule has 0 aliphatic carbocycles.